The molecule has 17 heavy (non-hydrogen) atoms. The van der Waals surface area contributed by atoms with E-state index in [2.05, 4.69) is 25.1 Å². The second-order valence-corrected chi connectivity index (χ2v) is 5.32. The lowest BCUT2D eigenvalue weighted by molar-refractivity contribution is 0.107. The number of rotatable bonds is 5. The van der Waals surface area contributed by atoms with E-state index in [1.54, 1.807) is 11.3 Å². The minimum absolute atomic E-state index is 0.615. The predicted molar refractivity (Wildman–Crippen MR) is 71.9 cm³/mol. The molecular weight excluding hydrogens is 230 g/mol. The highest BCUT2D eigenvalue weighted by Gasteiger charge is 2.04. The molecule has 1 heterocycles. The molecule has 0 saturated heterocycles. The first-order valence-electron chi connectivity index (χ1n) is 5.69. The van der Waals surface area contributed by atoms with Gasteiger partial charge in [-0.1, -0.05) is 30.3 Å². The van der Waals surface area contributed by atoms with Crippen molar-refractivity contribution in [1.82, 2.24) is 0 Å². The monoisotopic (exact) mass is 247 g/mol. The van der Waals surface area contributed by atoms with Crippen molar-refractivity contribution in [2.45, 2.75) is 26.7 Å². The van der Waals surface area contributed by atoms with Gasteiger partial charge in [0.05, 0.1) is 13.2 Å². The second kappa shape index (κ2) is 5.96. The molecule has 0 bridgehead atoms. The van der Waals surface area contributed by atoms with E-state index in [4.69, 9.17) is 10.5 Å². The van der Waals surface area contributed by atoms with Crippen LogP contribution in [-0.4, -0.2) is 0 Å². The number of hydrogen-bond acceptors (Lipinski definition) is 3. The number of ether oxygens (including phenoxy) is 1. The minimum atomic E-state index is 0.615. The molecule has 0 unspecified atom stereocenters. The van der Waals surface area contributed by atoms with Crippen LogP contribution in [0.2, 0.25) is 0 Å². The van der Waals surface area contributed by atoms with Gasteiger partial charge in [0, 0.05) is 16.3 Å². The molecule has 0 fully saturated rings. The van der Waals surface area contributed by atoms with Crippen LogP contribution in [0, 0.1) is 6.92 Å². The first-order chi connectivity index (χ1) is 8.29. The summed E-state index contributed by atoms with van der Waals surface area (Å²) in [5.41, 5.74) is 8.09. The Morgan fingerprint density at radius 1 is 1.18 bits per heavy atom. The Kier molecular flexibility index (Phi) is 4.31. The highest BCUT2D eigenvalue weighted by molar-refractivity contribution is 7.12. The first-order valence-corrected chi connectivity index (χ1v) is 6.51. The van der Waals surface area contributed by atoms with Gasteiger partial charge < -0.3 is 10.5 Å². The largest absolute Gasteiger partial charge is 0.372 e. The normalized spacial score (nSPS) is 10.7. The molecule has 0 radical (unpaired) electrons. The maximum Gasteiger partial charge on any atom is 0.0732 e. The molecule has 0 aliphatic rings. The Labute approximate surface area is 106 Å². The fraction of sp³-hybridized carbons (Fsp3) is 0.286. The van der Waals surface area contributed by atoms with Crippen molar-refractivity contribution in [2.24, 2.45) is 5.73 Å². The maximum atomic E-state index is 5.71. The maximum absolute atomic E-state index is 5.71. The van der Waals surface area contributed by atoms with E-state index in [-0.39, 0.29) is 0 Å². The van der Waals surface area contributed by atoms with Crippen LogP contribution in [-0.2, 0) is 24.5 Å². The van der Waals surface area contributed by atoms with Gasteiger partial charge in [0.15, 0.2) is 0 Å². The van der Waals surface area contributed by atoms with Crippen LogP contribution in [0.25, 0.3) is 0 Å². The molecule has 3 heteroatoms. The number of nitrogens with two attached hydrogens (primary N) is 1. The van der Waals surface area contributed by atoms with E-state index in [9.17, 15) is 0 Å². The summed E-state index contributed by atoms with van der Waals surface area (Å²) in [6, 6.07) is 12.4. The van der Waals surface area contributed by atoms with Crippen molar-refractivity contribution in [3.8, 4) is 0 Å². The first kappa shape index (κ1) is 12.3. The molecule has 2 rings (SSSR count). The smallest absolute Gasteiger partial charge is 0.0732 e. The highest BCUT2D eigenvalue weighted by Crippen LogP contribution is 2.22. The molecule has 0 aliphatic heterocycles. The van der Waals surface area contributed by atoms with Crippen molar-refractivity contribution in [1.29, 1.82) is 0 Å². The number of aryl methyl sites for hydroxylation is 1. The molecule has 2 aromatic rings. The zero-order valence-corrected chi connectivity index (χ0v) is 10.8. The van der Waals surface area contributed by atoms with Crippen LogP contribution in [0.1, 0.15) is 20.9 Å². The fourth-order valence-electron chi connectivity index (χ4n) is 1.68. The van der Waals surface area contributed by atoms with Crippen molar-refractivity contribution >= 4 is 11.3 Å². The topological polar surface area (TPSA) is 35.2 Å². The standard InChI is InChI=1S/C14H17NOS/c1-11-13(7-14(8-15)17-11)10-16-9-12-5-3-2-4-6-12/h2-7H,8-10,15H2,1H3. The summed E-state index contributed by atoms with van der Waals surface area (Å²) < 4.78 is 5.71. The van der Waals surface area contributed by atoms with Gasteiger partial charge in [-0.2, -0.15) is 0 Å². The Morgan fingerprint density at radius 2 is 1.94 bits per heavy atom. The third-order valence-corrected chi connectivity index (χ3v) is 3.76. The zero-order chi connectivity index (χ0) is 12.1. The van der Waals surface area contributed by atoms with Crippen LogP contribution >= 0.6 is 11.3 Å². The predicted octanol–water partition coefficient (Wildman–Crippen LogP) is 3.23. The summed E-state index contributed by atoms with van der Waals surface area (Å²) in [6.45, 7) is 4.06. The lowest BCUT2D eigenvalue weighted by atomic mass is 10.2. The minimum Gasteiger partial charge on any atom is -0.372 e. The van der Waals surface area contributed by atoms with Gasteiger partial charge in [-0.05, 0) is 24.1 Å². The van der Waals surface area contributed by atoms with Crippen molar-refractivity contribution in [2.75, 3.05) is 0 Å². The van der Waals surface area contributed by atoms with Gasteiger partial charge in [-0.15, -0.1) is 11.3 Å². The van der Waals surface area contributed by atoms with Crippen molar-refractivity contribution in [3.63, 3.8) is 0 Å². The molecular formula is C14H17NOS. The van der Waals surface area contributed by atoms with Gasteiger partial charge in [-0.25, -0.2) is 0 Å². The molecule has 0 atom stereocenters. The van der Waals surface area contributed by atoms with Crippen molar-refractivity contribution < 1.29 is 4.74 Å². The van der Waals surface area contributed by atoms with E-state index in [0.717, 1.165) is 0 Å². The van der Waals surface area contributed by atoms with Gasteiger partial charge >= 0.3 is 0 Å². The second-order valence-electron chi connectivity index (χ2n) is 3.98. The van der Waals surface area contributed by atoms with Gasteiger partial charge in [0.2, 0.25) is 0 Å². The lowest BCUT2D eigenvalue weighted by Crippen LogP contribution is -1.94. The quantitative estimate of drug-likeness (QED) is 0.880. The van der Waals surface area contributed by atoms with E-state index in [1.807, 2.05) is 18.2 Å². The zero-order valence-electron chi connectivity index (χ0n) is 9.98. The molecule has 1 aromatic heterocycles. The van der Waals surface area contributed by atoms with Crippen LogP contribution in [0.5, 0.6) is 0 Å². The van der Waals surface area contributed by atoms with E-state index in [1.165, 1.54) is 20.9 Å². The van der Waals surface area contributed by atoms with Crippen LogP contribution in [0.15, 0.2) is 36.4 Å². The molecule has 90 valence electrons. The Hall–Kier alpha value is -1.16. The molecule has 0 spiro atoms. The van der Waals surface area contributed by atoms with Crippen molar-refractivity contribution in [3.05, 3.63) is 57.3 Å². The summed E-state index contributed by atoms with van der Waals surface area (Å²) in [7, 11) is 0. The van der Waals surface area contributed by atoms with E-state index in [0.29, 0.717) is 19.8 Å². The van der Waals surface area contributed by atoms with Crippen LogP contribution in [0.4, 0.5) is 0 Å². The summed E-state index contributed by atoms with van der Waals surface area (Å²) in [5, 5.41) is 0. The average Bonchev–Trinajstić information content (AvgIpc) is 2.72. The molecule has 0 amide bonds. The summed E-state index contributed by atoms with van der Waals surface area (Å²) in [6.07, 6.45) is 0. The van der Waals surface area contributed by atoms with Gasteiger partial charge in [0.1, 0.15) is 0 Å². The molecule has 1 aromatic carbocycles. The Bertz CT molecular complexity index is 464. The van der Waals surface area contributed by atoms with Gasteiger partial charge in [0.25, 0.3) is 0 Å². The summed E-state index contributed by atoms with van der Waals surface area (Å²) in [4.78, 5) is 2.53. The molecule has 0 aliphatic carbocycles. The third-order valence-electron chi connectivity index (χ3n) is 2.64. The number of hydrogen-bond donors (Lipinski definition) is 1. The molecule has 2 nitrogen and oxygen atoms in total. The highest BCUT2D eigenvalue weighted by atomic mass is 32.1. The van der Waals surface area contributed by atoms with E-state index < -0.39 is 0 Å². The Balaban J connectivity index is 1.88. The third kappa shape index (κ3) is 3.40. The average molecular weight is 247 g/mol. The molecule has 2 N–H and O–H groups in total. The SMILES string of the molecule is Cc1sc(CN)cc1COCc1ccccc1. The summed E-state index contributed by atoms with van der Waals surface area (Å²) >= 11 is 1.76. The van der Waals surface area contributed by atoms with E-state index >= 15 is 0 Å². The van der Waals surface area contributed by atoms with Crippen LogP contribution in [0.3, 0.4) is 0 Å². The Morgan fingerprint density at radius 3 is 2.59 bits per heavy atom. The molecule has 0 saturated carbocycles. The van der Waals surface area contributed by atoms with Gasteiger partial charge in [-0.3, -0.25) is 0 Å². The number of thiophene rings is 1. The van der Waals surface area contributed by atoms with Crippen LogP contribution < -0.4 is 5.73 Å². The summed E-state index contributed by atoms with van der Waals surface area (Å²) in [5.74, 6) is 0. The lowest BCUT2D eigenvalue weighted by Gasteiger charge is -2.03. The fourth-order valence-corrected chi connectivity index (χ4v) is 2.61. The number of benzene rings is 1.